The van der Waals surface area contributed by atoms with Gasteiger partial charge >= 0.3 is 5.97 Å². The normalized spacial score (nSPS) is 12.7. The number of hydrogen-bond donors (Lipinski definition) is 0. The third-order valence-electron chi connectivity index (χ3n) is 3.71. The van der Waals surface area contributed by atoms with Crippen molar-refractivity contribution in [3.8, 4) is 0 Å². The first kappa shape index (κ1) is 20.2. The highest BCUT2D eigenvalue weighted by Crippen LogP contribution is 2.14. The maximum atomic E-state index is 11.9. The van der Waals surface area contributed by atoms with Crippen LogP contribution in [0.1, 0.15) is 97.8 Å². The van der Waals surface area contributed by atoms with E-state index in [-0.39, 0.29) is 12.1 Å². The van der Waals surface area contributed by atoms with E-state index in [1.807, 2.05) is 0 Å². The fraction of sp³-hybridized carbons (Fsp3) is 0.842. The number of carbonyl (C=O) groups is 1. The Balaban J connectivity index is 3.99. The van der Waals surface area contributed by atoms with Gasteiger partial charge in [-0.05, 0) is 25.7 Å². The molecule has 0 fully saturated rings. The lowest BCUT2D eigenvalue weighted by atomic mass is 10.1. The average molecular weight is 296 g/mol. The molecule has 1 atom stereocenters. The minimum atomic E-state index is -0.00325. The zero-order valence-electron chi connectivity index (χ0n) is 14.5. The van der Waals surface area contributed by atoms with E-state index in [0.29, 0.717) is 6.42 Å². The van der Waals surface area contributed by atoms with Crippen LogP contribution in [0.25, 0.3) is 0 Å². The minimum Gasteiger partial charge on any atom is -0.462 e. The summed E-state index contributed by atoms with van der Waals surface area (Å²) < 4.78 is 5.67. The summed E-state index contributed by atoms with van der Waals surface area (Å²) in [5, 5.41) is 0. The first-order valence-electron chi connectivity index (χ1n) is 9.09. The molecule has 0 rings (SSSR count). The number of rotatable bonds is 14. The average Bonchev–Trinajstić information content (AvgIpc) is 2.48. The van der Waals surface area contributed by atoms with Gasteiger partial charge < -0.3 is 4.74 Å². The molecular formula is C19H36O2. The van der Waals surface area contributed by atoms with Gasteiger partial charge in [0.1, 0.15) is 6.10 Å². The zero-order chi connectivity index (χ0) is 15.8. The molecule has 0 saturated carbocycles. The van der Waals surface area contributed by atoms with Gasteiger partial charge in [0.2, 0.25) is 0 Å². The lowest BCUT2D eigenvalue weighted by Crippen LogP contribution is -2.17. The van der Waals surface area contributed by atoms with Crippen LogP contribution in [0.4, 0.5) is 0 Å². The molecule has 0 aromatic carbocycles. The number of hydrogen-bond acceptors (Lipinski definition) is 2. The summed E-state index contributed by atoms with van der Waals surface area (Å²) in [5.74, 6) is -0.00325. The largest absolute Gasteiger partial charge is 0.462 e. The molecule has 0 radical (unpaired) electrons. The summed E-state index contributed by atoms with van der Waals surface area (Å²) in [6, 6.07) is 0. The summed E-state index contributed by atoms with van der Waals surface area (Å²) in [7, 11) is 0. The molecule has 0 heterocycles. The Hall–Kier alpha value is -0.790. The standard InChI is InChI=1S/C19H36O2/c1-4-7-10-13-16-18(15-12-9-6-3)21-19(20)17-14-11-8-5-2/h9,12,18H,4-8,10-11,13-17H2,1-3H3/b12-9-/t18-/m1/s1. The van der Waals surface area contributed by atoms with E-state index in [1.54, 1.807) is 0 Å². The van der Waals surface area contributed by atoms with E-state index < -0.39 is 0 Å². The number of unbranched alkanes of at least 4 members (excludes halogenated alkanes) is 6. The molecular weight excluding hydrogens is 260 g/mol. The fourth-order valence-corrected chi connectivity index (χ4v) is 2.38. The molecule has 0 aliphatic rings. The Morgan fingerprint density at radius 3 is 2.19 bits per heavy atom. The van der Waals surface area contributed by atoms with Gasteiger partial charge in [0.15, 0.2) is 0 Å². The van der Waals surface area contributed by atoms with Crippen molar-refractivity contribution in [1.29, 1.82) is 0 Å². The molecule has 21 heavy (non-hydrogen) atoms. The van der Waals surface area contributed by atoms with Crippen LogP contribution in [0, 0.1) is 0 Å². The maximum Gasteiger partial charge on any atom is 0.306 e. The second-order valence-corrected chi connectivity index (χ2v) is 5.89. The highest BCUT2D eigenvalue weighted by molar-refractivity contribution is 5.69. The molecule has 2 nitrogen and oxygen atoms in total. The molecule has 0 aliphatic heterocycles. The smallest absolute Gasteiger partial charge is 0.306 e. The summed E-state index contributed by atoms with van der Waals surface area (Å²) in [6.07, 6.45) is 17.4. The van der Waals surface area contributed by atoms with Crippen molar-refractivity contribution in [1.82, 2.24) is 0 Å². The molecule has 124 valence electrons. The van der Waals surface area contributed by atoms with Crippen molar-refractivity contribution in [2.24, 2.45) is 0 Å². The second-order valence-electron chi connectivity index (χ2n) is 5.89. The summed E-state index contributed by atoms with van der Waals surface area (Å²) in [6.45, 7) is 6.54. The zero-order valence-corrected chi connectivity index (χ0v) is 14.5. The van der Waals surface area contributed by atoms with Crippen molar-refractivity contribution in [3.63, 3.8) is 0 Å². The highest BCUT2D eigenvalue weighted by atomic mass is 16.5. The Morgan fingerprint density at radius 1 is 0.905 bits per heavy atom. The Kier molecular flexibility index (Phi) is 15.0. The van der Waals surface area contributed by atoms with Crippen molar-refractivity contribution in [2.75, 3.05) is 0 Å². The molecule has 2 heteroatoms. The van der Waals surface area contributed by atoms with E-state index >= 15 is 0 Å². The van der Waals surface area contributed by atoms with Crippen molar-refractivity contribution < 1.29 is 9.53 Å². The Labute approximate surface area is 132 Å². The first-order valence-corrected chi connectivity index (χ1v) is 9.09. The van der Waals surface area contributed by atoms with Crippen LogP contribution in [-0.2, 0) is 9.53 Å². The van der Waals surface area contributed by atoms with Crippen LogP contribution >= 0.6 is 0 Å². The van der Waals surface area contributed by atoms with Crippen molar-refractivity contribution in [3.05, 3.63) is 12.2 Å². The van der Waals surface area contributed by atoms with Crippen LogP contribution in [0.15, 0.2) is 12.2 Å². The fourth-order valence-electron chi connectivity index (χ4n) is 2.38. The van der Waals surface area contributed by atoms with E-state index in [9.17, 15) is 4.79 Å². The van der Waals surface area contributed by atoms with Gasteiger partial charge in [-0.1, -0.05) is 71.4 Å². The van der Waals surface area contributed by atoms with Gasteiger partial charge in [-0.25, -0.2) is 0 Å². The Bertz CT molecular complexity index is 258. The van der Waals surface area contributed by atoms with Crippen LogP contribution in [-0.4, -0.2) is 12.1 Å². The predicted octanol–water partition coefficient (Wildman–Crippen LogP) is 6.20. The number of carbonyl (C=O) groups excluding carboxylic acids is 1. The number of allylic oxidation sites excluding steroid dienone is 1. The van der Waals surface area contributed by atoms with Crippen molar-refractivity contribution in [2.45, 2.75) is 104 Å². The highest BCUT2D eigenvalue weighted by Gasteiger charge is 2.12. The monoisotopic (exact) mass is 296 g/mol. The molecule has 0 spiro atoms. The molecule has 0 aliphatic carbocycles. The van der Waals surface area contributed by atoms with Crippen LogP contribution < -0.4 is 0 Å². The molecule has 0 aromatic heterocycles. The van der Waals surface area contributed by atoms with Gasteiger partial charge in [-0.2, -0.15) is 0 Å². The van der Waals surface area contributed by atoms with Gasteiger partial charge in [0.05, 0.1) is 0 Å². The van der Waals surface area contributed by atoms with Gasteiger partial charge in [-0.15, -0.1) is 0 Å². The summed E-state index contributed by atoms with van der Waals surface area (Å²) in [4.78, 5) is 11.9. The Morgan fingerprint density at radius 2 is 1.57 bits per heavy atom. The molecule has 0 unspecified atom stereocenters. The van der Waals surface area contributed by atoms with Gasteiger partial charge in [0.25, 0.3) is 0 Å². The molecule has 0 amide bonds. The molecule has 0 N–H and O–H groups in total. The van der Waals surface area contributed by atoms with Gasteiger partial charge in [-0.3, -0.25) is 4.79 Å². The summed E-state index contributed by atoms with van der Waals surface area (Å²) >= 11 is 0. The van der Waals surface area contributed by atoms with E-state index in [2.05, 4.69) is 32.9 Å². The minimum absolute atomic E-state index is 0.00325. The van der Waals surface area contributed by atoms with E-state index in [0.717, 1.165) is 32.1 Å². The maximum absolute atomic E-state index is 11.9. The third-order valence-corrected chi connectivity index (χ3v) is 3.71. The van der Waals surface area contributed by atoms with Gasteiger partial charge in [0, 0.05) is 12.8 Å². The SMILES string of the molecule is CC/C=C\C[C@H](CCCCCC)OC(=O)CCCCCC. The third kappa shape index (κ3) is 13.9. The predicted molar refractivity (Wildman–Crippen MR) is 91.4 cm³/mol. The lowest BCUT2D eigenvalue weighted by molar-refractivity contribution is -0.149. The number of ether oxygens (including phenoxy) is 1. The lowest BCUT2D eigenvalue weighted by Gasteiger charge is -2.16. The molecule has 0 bridgehead atoms. The quantitative estimate of drug-likeness (QED) is 0.217. The molecule has 0 saturated heterocycles. The van der Waals surface area contributed by atoms with E-state index in [1.165, 1.54) is 38.5 Å². The van der Waals surface area contributed by atoms with Crippen LogP contribution in [0.3, 0.4) is 0 Å². The first-order chi connectivity index (χ1) is 10.2. The van der Waals surface area contributed by atoms with Crippen LogP contribution in [0.5, 0.6) is 0 Å². The second kappa shape index (κ2) is 15.6. The summed E-state index contributed by atoms with van der Waals surface area (Å²) in [5.41, 5.74) is 0. The molecule has 0 aromatic rings. The number of esters is 1. The van der Waals surface area contributed by atoms with Crippen LogP contribution in [0.2, 0.25) is 0 Å². The van der Waals surface area contributed by atoms with E-state index in [4.69, 9.17) is 4.74 Å². The van der Waals surface area contributed by atoms with Crippen molar-refractivity contribution >= 4 is 5.97 Å². The topological polar surface area (TPSA) is 26.3 Å².